The third kappa shape index (κ3) is 1.88. The Morgan fingerprint density at radius 2 is 2.07 bits per heavy atom. The highest BCUT2D eigenvalue weighted by Crippen LogP contribution is 2.21. The molecule has 4 nitrogen and oxygen atoms in total. The fourth-order valence-corrected chi connectivity index (χ4v) is 1.45. The van der Waals surface area contributed by atoms with E-state index in [0.29, 0.717) is 17.2 Å². The van der Waals surface area contributed by atoms with Gasteiger partial charge >= 0.3 is 0 Å². The lowest BCUT2D eigenvalue weighted by atomic mass is 10.1. The molecule has 0 aliphatic rings. The summed E-state index contributed by atoms with van der Waals surface area (Å²) in [6, 6.07) is 8.78. The van der Waals surface area contributed by atoms with Crippen LogP contribution in [-0.2, 0) is 0 Å². The minimum Gasteiger partial charge on any atom is -0.398 e. The number of nitrogens with two attached hydrogens (primary N) is 1. The average molecular weight is 201 g/mol. The lowest BCUT2D eigenvalue weighted by Crippen LogP contribution is -2.08. The van der Waals surface area contributed by atoms with Crippen molar-refractivity contribution in [1.82, 2.24) is 9.97 Å². The zero-order valence-corrected chi connectivity index (χ0v) is 8.32. The van der Waals surface area contributed by atoms with Gasteiger partial charge in [0.15, 0.2) is 0 Å². The van der Waals surface area contributed by atoms with Gasteiger partial charge in [0.1, 0.15) is 5.82 Å². The van der Waals surface area contributed by atoms with E-state index in [9.17, 15) is 4.79 Å². The Bertz CT molecular complexity index is 546. The molecule has 1 aromatic heterocycles. The summed E-state index contributed by atoms with van der Waals surface area (Å²) in [6.45, 7) is 1.74. The van der Waals surface area contributed by atoms with E-state index in [2.05, 4.69) is 9.97 Å². The van der Waals surface area contributed by atoms with E-state index in [1.807, 2.05) is 18.2 Å². The Morgan fingerprint density at radius 1 is 1.33 bits per heavy atom. The Balaban J connectivity index is 2.64. The van der Waals surface area contributed by atoms with Crippen LogP contribution in [0.25, 0.3) is 11.3 Å². The van der Waals surface area contributed by atoms with Crippen molar-refractivity contribution < 1.29 is 0 Å². The molecule has 0 aliphatic carbocycles. The van der Waals surface area contributed by atoms with Crippen molar-refractivity contribution in [3.8, 4) is 11.3 Å². The van der Waals surface area contributed by atoms with Crippen LogP contribution in [0.1, 0.15) is 5.82 Å². The second-order valence-electron chi connectivity index (χ2n) is 3.30. The highest BCUT2D eigenvalue weighted by molar-refractivity contribution is 5.73. The lowest BCUT2D eigenvalue weighted by molar-refractivity contribution is 1.02. The Labute approximate surface area is 86.8 Å². The van der Waals surface area contributed by atoms with Crippen molar-refractivity contribution in [2.45, 2.75) is 6.92 Å². The zero-order valence-electron chi connectivity index (χ0n) is 8.32. The van der Waals surface area contributed by atoms with Crippen LogP contribution < -0.4 is 11.3 Å². The van der Waals surface area contributed by atoms with Gasteiger partial charge in [-0.2, -0.15) is 0 Å². The predicted molar refractivity (Wildman–Crippen MR) is 59.4 cm³/mol. The number of anilines is 1. The SMILES string of the molecule is Cc1nc(-c2ccccc2N)cc(=O)[nH]1. The van der Waals surface area contributed by atoms with Crippen molar-refractivity contribution >= 4 is 5.69 Å². The van der Waals surface area contributed by atoms with Crippen LogP contribution in [0, 0.1) is 6.92 Å². The summed E-state index contributed by atoms with van der Waals surface area (Å²) < 4.78 is 0. The number of aryl methyl sites for hydroxylation is 1. The molecule has 0 spiro atoms. The minimum absolute atomic E-state index is 0.166. The maximum atomic E-state index is 11.3. The first-order valence-electron chi connectivity index (χ1n) is 4.59. The largest absolute Gasteiger partial charge is 0.398 e. The molecule has 0 atom stereocenters. The summed E-state index contributed by atoms with van der Waals surface area (Å²) in [5.74, 6) is 0.584. The third-order valence-electron chi connectivity index (χ3n) is 2.10. The molecule has 0 radical (unpaired) electrons. The number of nitrogens with zero attached hydrogens (tertiary/aromatic N) is 1. The van der Waals surface area contributed by atoms with E-state index in [4.69, 9.17) is 5.73 Å². The number of nitrogen functional groups attached to an aromatic ring is 1. The highest BCUT2D eigenvalue weighted by Gasteiger charge is 2.04. The molecule has 76 valence electrons. The van der Waals surface area contributed by atoms with Crippen LogP contribution in [0.2, 0.25) is 0 Å². The first-order valence-corrected chi connectivity index (χ1v) is 4.59. The smallest absolute Gasteiger partial charge is 0.251 e. The minimum atomic E-state index is -0.166. The normalized spacial score (nSPS) is 10.2. The fourth-order valence-electron chi connectivity index (χ4n) is 1.45. The van der Waals surface area contributed by atoms with Crippen molar-refractivity contribution in [3.05, 3.63) is 46.5 Å². The topological polar surface area (TPSA) is 71.8 Å². The molecule has 1 aromatic carbocycles. The molecular formula is C11H11N3O. The molecular weight excluding hydrogens is 190 g/mol. The summed E-state index contributed by atoms with van der Waals surface area (Å²) in [6.07, 6.45) is 0. The second kappa shape index (κ2) is 3.57. The summed E-state index contributed by atoms with van der Waals surface area (Å²) in [4.78, 5) is 18.1. The highest BCUT2D eigenvalue weighted by atomic mass is 16.1. The first kappa shape index (κ1) is 9.45. The predicted octanol–water partition coefficient (Wildman–Crippen LogP) is 1.33. The van der Waals surface area contributed by atoms with E-state index < -0.39 is 0 Å². The molecule has 0 saturated carbocycles. The van der Waals surface area contributed by atoms with Gasteiger partial charge in [-0.05, 0) is 13.0 Å². The number of benzene rings is 1. The van der Waals surface area contributed by atoms with E-state index >= 15 is 0 Å². The summed E-state index contributed by atoms with van der Waals surface area (Å²) in [5.41, 5.74) is 7.64. The zero-order chi connectivity index (χ0) is 10.8. The molecule has 0 fully saturated rings. The van der Waals surface area contributed by atoms with Crippen LogP contribution in [0.15, 0.2) is 35.1 Å². The first-order chi connectivity index (χ1) is 7.16. The third-order valence-corrected chi connectivity index (χ3v) is 2.10. The molecule has 0 unspecified atom stereocenters. The van der Waals surface area contributed by atoms with Crippen molar-refractivity contribution in [2.75, 3.05) is 5.73 Å². The molecule has 4 heteroatoms. The van der Waals surface area contributed by atoms with E-state index in [1.165, 1.54) is 6.07 Å². The molecule has 0 aliphatic heterocycles. The van der Waals surface area contributed by atoms with Gasteiger partial charge in [0.25, 0.3) is 5.56 Å². The summed E-state index contributed by atoms with van der Waals surface area (Å²) >= 11 is 0. The van der Waals surface area contributed by atoms with Crippen LogP contribution in [0.4, 0.5) is 5.69 Å². The molecule has 15 heavy (non-hydrogen) atoms. The fraction of sp³-hybridized carbons (Fsp3) is 0.0909. The van der Waals surface area contributed by atoms with Crippen LogP contribution >= 0.6 is 0 Å². The molecule has 2 aromatic rings. The van der Waals surface area contributed by atoms with Crippen molar-refractivity contribution in [1.29, 1.82) is 0 Å². The quantitative estimate of drug-likeness (QED) is 0.683. The second-order valence-corrected chi connectivity index (χ2v) is 3.30. The van der Waals surface area contributed by atoms with Crippen LogP contribution in [0.3, 0.4) is 0 Å². The van der Waals surface area contributed by atoms with Gasteiger partial charge in [-0.1, -0.05) is 18.2 Å². The Hall–Kier alpha value is -2.10. The molecule has 2 rings (SSSR count). The molecule has 0 amide bonds. The number of H-pyrrole nitrogens is 1. The van der Waals surface area contributed by atoms with Crippen molar-refractivity contribution in [3.63, 3.8) is 0 Å². The van der Waals surface area contributed by atoms with Gasteiger partial charge in [0, 0.05) is 17.3 Å². The number of aromatic nitrogens is 2. The molecule has 0 bridgehead atoms. The summed E-state index contributed by atoms with van der Waals surface area (Å²) in [5, 5.41) is 0. The Morgan fingerprint density at radius 3 is 2.73 bits per heavy atom. The average Bonchev–Trinajstić information content (AvgIpc) is 2.16. The van der Waals surface area contributed by atoms with Crippen LogP contribution in [-0.4, -0.2) is 9.97 Å². The van der Waals surface area contributed by atoms with Gasteiger partial charge in [0.05, 0.1) is 5.69 Å². The lowest BCUT2D eigenvalue weighted by Gasteiger charge is -2.04. The molecule has 1 heterocycles. The van der Waals surface area contributed by atoms with Gasteiger partial charge in [-0.3, -0.25) is 4.79 Å². The number of hydrogen-bond donors (Lipinski definition) is 2. The maximum absolute atomic E-state index is 11.3. The number of rotatable bonds is 1. The molecule has 0 saturated heterocycles. The van der Waals surface area contributed by atoms with Crippen LogP contribution in [0.5, 0.6) is 0 Å². The van der Waals surface area contributed by atoms with Gasteiger partial charge in [0.2, 0.25) is 0 Å². The van der Waals surface area contributed by atoms with Gasteiger partial charge in [-0.15, -0.1) is 0 Å². The van der Waals surface area contributed by atoms with Crippen molar-refractivity contribution in [2.24, 2.45) is 0 Å². The van der Waals surface area contributed by atoms with Gasteiger partial charge < -0.3 is 10.7 Å². The van der Waals surface area contributed by atoms with E-state index in [0.717, 1.165) is 5.56 Å². The Kier molecular flexibility index (Phi) is 2.25. The van der Waals surface area contributed by atoms with Gasteiger partial charge in [-0.25, -0.2) is 4.98 Å². The number of hydrogen-bond acceptors (Lipinski definition) is 3. The standard InChI is InChI=1S/C11H11N3O/c1-7-13-10(6-11(15)14-7)8-4-2-3-5-9(8)12/h2-6H,12H2,1H3,(H,13,14,15). The number of aromatic amines is 1. The maximum Gasteiger partial charge on any atom is 0.251 e. The van der Waals surface area contributed by atoms with E-state index in [-0.39, 0.29) is 5.56 Å². The van der Waals surface area contributed by atoms with E-state index in [1.54, 1.807) is 13.0 Å². The molecule has 3 N–H and O–H groups in total. The number of nitrogens with one attached hydrogen (secondary N) is 1. The number of para-hydroxylation sites is 1. The summed E-state index contributed by atoms with van der Waals surface area (Å²) in [7, 11) is 0. The monoisotopic (exact) mass is 201 g/mol.